The van der Waals surface area contributed by atoms with Crippen LogP contribution in [0.25, 0.3) is 10.2 Å². The summed E-state index contributed by atoms with van der Waals surface area (Å²) in [6.07, 6.45) is 2.32. The predicted molar refractivity (Wildman–Crippen MR) is 78.3 cm³/mol. The zero-order valence-corrected chi connectivity index (χ0v) is 11.7. The van der Waals surface area contributed by atoms with E-state index in [1.807, 2.05) is 23.1 Å². The Labute approximate surface area is 116 Å². The van der Waals surface area contributed by atoms with Gasteiger partial charge in [-0.15, -0.1) is 0 Å². The largest absolute Gasteiger partial charge is 0.375 e. The summed E-state index contributed by atoms with van der Waals surface area (Å²) >= 11 is 1.43. The maximum Gasteiger partial charge on any atom is 0.253 e. The molecule has 0 radical (unpaired) electrons. The number of amides is 1. The molecule has 2 heterocycles. The summed E-state index contributed by atoms with van der Waals surface area (Å²) in [6, 6.07) is 5.64. The highest BCUT2D eigenvalue weighted by Crippen LogP contribution is 2.26. The second-order valence-electron chi connectivity index (χ2n) is 5.23. The summed E-state index contributed by atoms with van der Waals surface area (Å²) in [7, 11) is 0. The third-order valence-corrected chi connectivity index (χ3v) is 4.44. The molecule has 0 aliphatic carbocycles. The van der Waals surface area contributed by atoms with E-state index < -0.39 is 0 Å². The van der Waals surface area contributed by atoms with E-state index >= 15 is 0 Å². The zero-order valence-electron chi connectivity index (χ0n) is 10.9. The van der Waals surface area contributed by atoms with Crippen LogP contribution < -0.4 is 5.73 Å². The Kier molecular flexibility index (Phi) is 3.14. The van der Waals surface area contributed by atoms with E-state index in [1.54, 1.807) is 0 Å². The fraction of sp³-hybridized carbons (Fsp3) is 0.429. The van der Waals surface area contributed by atoms with Gasteiger partial charge in [0.15, 0.2) is 5.13 Å². The van der Waals surface area contributed by atoms with Gasteiger partial charge < -0.3 is 10.6 Å². The van der Waals surface area contributed by atoms with Crippen LogP contribution in [0.4, 0.5) is 5.13 Å². The van der Waals surface area contributed by atoms with Crippen LogP contribution >= 0.6 is 11.3 Å². The minimum Gasteiger partial charge on any atom is -0.375 e. The maximum absolute atomic E-state index is 12.5. The van der Waals surface area contributed by atoms with Crippen molar-refractivity contribution < 1.29 is 4.79 Å². The molecule has 1 aromatic heterocycles. The van der Waals surface area contributed by atoms with E-state index in [0.717, 1.165) is 35.3 Å². The first-order valence-corrected chi connectivity index (χ1v) is 7.40. The van der Waals surface area contributed by atoms with E-state index in [-0.39, 0.29) is 5.91 Å². The second kappa shape index (κ2) is 4.81. The highest BCUT2D eigenvalue weighted by molar-refractivity contribution is 7.22. The van der Waals surface area contributed by atoms with Crippen LogP contribution in [0, 0.1) is 5.92 Å². The molecule has 1 atom stereocenters. The standard InChI is InChI=1S/C14H17N3OS/c1-9-3-2-6-17(8-9)13(18)10-4-5-11-12(7-10)19-14(15)16-11/h4-5,7,9H,2-3,6,8H2,1H3,(H2,15,16). The highest BCUT2D eigenvalue weighted by atomic mass is 32.1. The lowest BCUT2D eigenvalue weighted by atomic mass is 9.99. The lowest BCUT2D eigenvalue weighted by Crippen LogP contribution is -2.39. The molecule has 2 aromatic rings. The lowest BCUT2D eigenvalue weighted by Gasteiger charge is -2.31. The van der Waals surface area contributed by atoms with Crippen molar-refractivity contribution in [2.24, 2.45) is 5.92 Å². The van der Waals surface area contributed by atoms with E-state index in [9.17, 15) is 4.79 Å². The number of rotatable bonds is 1. The third-order valence-electron chi connectivity index (χ3n) is 3.60. The predicted octanol–water partition coefficient (Wildman–Crippen LogP) is 2.75. The number of carbonyl (C=O) groups excluding carboxylic acids is 1. The topological polar surface area (TPSA) is 59.2 Å². The van der Waals surface area contributed by atoms with Crippen LogP contribution in [0.2, 0.25) is 0 Å². The van der Waals surface area contributed by atoms with Crippen molar-refractivity contribution in [1.82, 2.24) is 9.88 Å². The molecular formula is C14H17N3OS. The SMILES string of the molecule is CC1CCCN(C(=O)c2ccc3nc(N)sc3c2)C1. The van der Waals surface area contributed by atoms with Crippen LogP contribution in [0.15, 0.2) is 18.2 Å². The number of nitrogens with zero attached hydrogens (tertiary/aromatic N) is 2. The van der Waals surface area contributed by atoms with Gasteiger partial charge >= 0.3 is 0 Å². The molecule has 0 bridgehead atoms. The molecule has 1 saturated heterocycles. The van der Waals surface area contributed by atoms with E-state index in [2.05, 4.69) is 11.9 Å². The summed E-state index contributed by atoms with van der Waals surface area (Å²) < 4.78 is 0.980. The number of likely N-dealkylation sites (tertiary alicyclic amines) is 1. The van der Waals surface area contributed by atoms with Crippen LogP contribution in [0.3, 0.4) is 0 Å². The average Bonchev–Trinajstić information content (AvgIpc) is 2.76. The van der Waals surface area contributed by atoms with Crippen molar-refractivity contribution in [3.63, 3.8) is 0 Å². The third kappa shape index (κ3) is 2.42. The Morgan fingerprint density at radius 1 is 1.53 bits per heavy atom. The van der Waals surface area contributed by atoms with Crippen molar-refractivity contribution in [2.45, 2.75) is 19.8 Å². The zero-order chi connectivity index (χ0) is 13.4. The van der Waals surface area contributed by atoms with Crippen molar-refractivity contribution in [2.75, 3.05) is 18.8 Å². The molecule has 4 nitrogen and oxygen atoms in total. The van der Waals surface area contributed by atoms with Gasteiger partial charge in [0.2, 0.25) is 0 Å². The fourth-order valence-electron chi connectivity index (χ4n) is 2.63. The first-order chi connectivity index (χ1) is 9.13. The number of nitrogen functional groups attached to an aromatic ring is 1. The number of carbonyl (C=O) groups is 1. The van der Waals surface area contributed by atoms with Gasteiger partial charge in [-0.3, -0.25) is 4.79 Å². The number of nitrogens with two attached hydrogens (primary N) is 1. The molecule has 0 saturated carbocycles. The van der Waals surface area contributed by atoms with Gasteiger partial charge in [-0.05, 0) is 37.0 Å². The molecule has 1 aliphatic rings. The smallest absolute Gasteiger partial charge is 0.253 e. The fourth-order valence-corrected chi connectivity index (χ4v) is 3.41. The first-order valence-electron chi connectivity index (χ1n) is 6.59. The van der Waals surface area contributed by atoms with Crippen LogP contribution in [-0.2, 0) is 0 Å². The summed E-state index contributed by atoms with van der Waals surface area (Å²) in [4.78, 5) is 18.6. The first kappa shape index (κ1) is 12.4. The molecule has 100 valence electrons. The Bertz CT molecular complexity index is 622. The normalized spacial score (nSPS) is 19.8. The Morgan fingerprint density at radius 2 is 2.37 bits per heavy atom. The van der Waals surface area contributed by atoms with Gasteiger partial charge in [0, 0.05) is 18.7 Å². The van der Waals surface area contributed by atoms with Crippen LogP contribution in [0.5, 0.6) is 0 Å². The number of anilines is 1. The molecule has 1 amide bonds. The minimum atomic E-state index is 0.125. The van der Waals surface area contributed by atoms with Gasteiger partial charge in [-0.1, -0.05) is 18.3 Å². The van der Waals surface area contributed by atoms with Crippen molar-refractivity contribution >= 4 is 32.6 Å². The summed E-state index contributed by atoms with van der Waals surface area (Å²) in [6.45, 7) is 3.93. The number of hydrogen-bond donors (Lipinski definition) is 1. The van der Waals surface area contributed by atoms with Crippen molar-refractivity contribution in [3.05, 3.63) is 23.8 Å². The number of thiazole rings is 1. The molecule has 1 unspecified atom stereocenters. The number of aromatic nitrogens is 1. The average molecular weight is 275 g/mol. The maximum atomic E-state index is 12.5. The highest BCUT2D eigenvalue weighted by Gasteiger charge is 2.22. The van der Waals surface area contributed by atoms with E-state index in [0.29, 0.717) is 11.0 Å². The summed E-state index contributed by atoms with van der Waals surface area (Å²) in [5.41, 5.74) is 7.30. The van der Waals surface area contributed by atoms with E-state index in [4.69, 9.17) is 5.73 Å². The number of hydrogen-bond acceptors (Lipinski definition) is 4. The number of benzene rings is 1. The Morgan fingerprint density at radius 3 is 3.16 bits per heavy atom. The molecule has 19 heavy (non-hydrogen) atoms. The second-order valence-corrected chi connectivity index (χ2v) is 6.30. The summed E-state index contributed by atoms with van der Waals surface area (Å²) in [5.74, 6) is 0.723. The molecular weight excluding hydrogens is 258 g/mol. The lowest BCUT2D eigenvalue weighted by molar-refractivity contribution is 0.0683. The summed E-state index contributed by atoms with van der Waals surface area (Å²) in [5, 5.41) is 0.547. The quantitative estimate of drug-likeness (QED) is 0.870. The molecule has 1 aliphatic heterocycles. The van der Waals surface area contributed by atoms with Gasteiger partial charge in [0.1, 0.15) is 0 Å². The van der Waals surface area contributed by atoms with E-state index in [1.165, 1.54) is 17.8 Å². The number of fused-ring (bicyclic) bond motifs is 1. The molecule has 0 spiro atoms. The Hall–Kier alpha value is -1.62. The molecule has 5 heteroatoms. The Balaban J connectivity index is 1.88. The molecule has 1 fully saturated rings. The van der Waals surface area contributed by atoms with Crippen molar-refractivity contribution in [1.29, 1.82) is 0 Å². The van der Waals surface area contributed by atoms with Gasteiger partial charge in [0.05, 0.1) is 10.2 Å². The van der Waals surface area contributed by atoms with Gasteiger partial charge in [-0.2, -0.15) is 0 Å². The molecule has 1 aromatic carbocycles. The molecule has 2 N–H and O–H groups in total. The van der Waals surface area contributed by atoms with Crippen LogP contribution in [0.1, 0.15) is 30.1 Å². The molecule has 3 rings (SSSR count). The monoisotopic (exact) mass is 275 g/mol. The van der Waals surface area contributed by atoms with Crippen molar-refractivity contribution in [3.8, 4) is 0 Å². The van der Waals surface area contributed by atoms with Gasteiger partial charge in [-0.25, -0.2) is 4.98 Å². The minimum absolute atomic E-state index is 0.125. The van der Waals surface area contributed by atoms with Gasteiger partial charge in [0.25, 0.3) is 5.91 Å². The number of piperidine rings is 1. The van der Waals surface area contributed by atoms with Crippen LogP contribution in [-0.4, -0.2) is 28.9 Å².